The van der Waals surface area contributed by atoms with Gasteiger partial charge < -0.3 is 10.6 Å². The molecular weight excluding hydrogens is 328 g/mol. The molecule has 0 atom stereocenters. The molecule has 1 aromatic heterocycles. The molecule has 1 fully saturated rings. The van der Waals surface area contributed by atoms with Crippen LogP contribution in [0.4, 0.5) is 10.5 Å². The molecule has 0 unspecified atom stereocenters. The Balaban J connectivity index is 1.37. The zero-order valence-corrected chi connectivity index (χ0v) is 14.5. The number of aryl methyl sites for hydroxylation is 1. The Bertz CT molecular complexity index is 914. The molecule has 2 aromatic carbocycles. The molecule has 2 N–H and O–H groups in total. The topological polar surface area (TPSA) is 84.7 Å². The number of hydrogen-bond donors (Lipinski definition) is 2. The molecule has 0 saturated heterocycles. The summed E-state index contributed by atoms with van der Waals surface area (Å²) in [6, 6.07) is 15.7. The van der Waals surface area contributed by atoms with Gasteiger partial charge in [0.15, 0.2) is 5.82 Å². The maximum absolute atomic E-state index is 12.1. The quantitative estimate of drug-likeness (QED) is 0.741. The average molecular weight is 348 g/mol. The number of nitrogens with zero attached hydrogens (tertiary/aromatic N) is 4. The first-order chi connectivity index (χ1) is 12.7. The van der Waals surface area contributed by atoms with Gasteiger partial charge in [-0.05, 0) is 65.6 Å². The number of aromatic nitrogens is 4. The van der Waals surface area contributed by atoms with Gasteiger partial charge in [0.05, 0.1) is 6.04 Å². The molecule has 4 rings (SSSR count). The van der Waals surface area contributed by atoms with Crippen molar-refractivity contribution in [3.63, 3.8) is 0 Å². The van der Waals surface area contributed by atoms with Crippen molar-refractivity contribution in [2.75, 3.05) is 5.32 Å². The maximum Gasteiger partial charge on any atom is 0.319 e. The Morgan fingerprint density at radius 2 is 1.92 bits per heavy atom. The number of nitrogens with one attached hydrogen (secondary N) is 2. The van der Waals surface area contributed by atoms with Gasteiger partial charge in [0, 0.05) is 17.8 Å². The summed E-state index contributed by atoms with van der Waals surface area (Å²) in [5.74, 6) is 0.767. The lowest BCUT2D eigenvalue weighted by molar-refractivity contribution is 0.251. The van der Waals surface area contributed by atoms with Gasteiger partial charge in [0.1, 0.15) is 0 Å². The molecule has 7 nitrogen and oxygen atoms in total. The second kappa shape index (κ2) is 6.95. The lowest BCUT2D eigenvalue weighted by Gasteiger charge is -2.10. The molecule has 1 heterocycles. The molecule has 132 valence electrons. The van der Waals surface area contributed by atoms with E-state index in [9.17, 15) is 4.79 Å². The summed E-state index contributed by atoms with van der Waals surface area (Å²) < 4.78 is 1.87. The van der Waals surface area contributed by atoms with E-state index >= 15 is 0 Å². The minimum atomic E-state index is -0.233. The van der Waals surface area contributed by atoms with Gasteiger partial charge in [0.25, 0.3) is 0 Å². The van der Waals surface area contributed by atoms with E-state index in [1.54, 1.807) is 0 Å². The number of urea groups is 1. The summed E-state index contributed by atoms with van der Waals surface area (Å²) in [5.41, 5.74) is 3.92. The standard InChI is InChI=1S/C19H20N6O/c1-13-4-2-3-5-15(13)12-20-19(26)21-16-8-6-14(7-9-16)18-22-23-24-25(18)17-10-11-17/h2-9,17H,10-12H2,1H3,(H2,20,21,26). The van der Waals surface area contributed by atoms with Gasteiger partial charge in [-0.1, -0.05) is 24.3 Å². The summed E-state index contributed by atoms with van der Waals surface area (Å²) >= 11 is 0. The fourth-order valence-electron chi connectivity index (χ4n) is 2.81. The average Bonchev–Trinajstić information content (AvgIpc) is 3.38. The molecule has 7 heteroatoms. The Kier molecular flexibility index (Phi) is 4.35. The van der Waals surface area contributed by atoms with Crippen molar-refractivity contribution in [1.29, 1.82) is 0 Å². The van der Waals surface area contributed by atoms with Crippen LogP contribution >= 0.6 is 0 Å². The van der Waals surface area contributed by atoms with Crippen molar-refractivity contribution in [3.05, 3.63) is 59.7 Å². The minimum absolute atomic E-state index is 0.233. The van der Waals surface area contributed by atoms with Crippen molar-refractivity contribution in [3.8, 4) is 11.4 Å². The van der Waals surface area contributed by atoms with E-state index in [-0.39, 0.29) is 6.03 Å². The summed E-state index contributed by atoms with van der Waals surface area (Å²) in [6.07, 6.45) is 2.25. The summed E-state index contributed by atoms with van der Waals surface area (Å²) in [5, 5.41) is 17.7. The van der Waals surface area contributed by atoms with Gasteiger partial charge in [-0.15, -0.1) is 5.10 Å². The number of amides is 2. The summed E-state index contributed by atoms with van der Waals surface area (Å²) in [4.78, 5) is 12.1. The highest BCUT2D eigenvalue weighted by atomic mass is 16.2. The van der Waals surface area contributed by atoms with Gasteiger partial charge in [-0.25, -0.2) is 9.48 Å². The second-order valence-corrected chi connectivity index (χ2v) is 6.49. The summed E-state index contributed by atoms with van der Waals surface area (Å²) in [6.45, 7) is 2.52. The van der Waals surface area contributed by atoms with Gasteiger partial charge in [0.2, 0.25) is 0 Å². The molecule has 26 heavy (non-hydrogen) atoms. The maximum atomic E-state index is 12.1. The van der Waals surface area contributed by atoms with E-state index in [0.717, 1.165) is 41.0 Å². The zero-order chi connectivity index (χ0) is 17.9. The SMILES string of the molecule is Cc1ccccc1CNC(=O)Nc1ccc(-c2nnnn2C2CC2)cc1. The van der Waals surface area contributed by atoms with E-state index < -0.39 is 0 Å². The van der Waals surface area contributed by atoms with Crippen molar-refractivity contribution in [2.24, 2.45) is 0 Å². The van der Waals surface area contributed by atoms with Gasteiger partial charge >= 0.3 is 6.03 Å². The smallest absolute Gasteiger partial charge is 0.319 e. The molecule has 0 bridgehead atoms. The highest BCUT2D eigenvalue weighted by Crippen LogP contribution is 2.36. The molecule has 2 amide bonds. The van der Waals surface area contributed by atoms with Crippen LogP contribution in [0.15, 0.2) is 48.5 Å². The Morgan fingerprint density at radius 1 is 1.15 bits per heavy atom. The largest absolute Gasteiger partial charge is 0.334 e. The van der Waals surface area contributed by atoms with Crippen molar-refractivity contribution in [2.45, 2.75) is 32.4 Å². The molecule has 0 aliphatic heterocycles. The Labute approximate surface area is 151 Å². The fourth-order valence-corrected chi connectivity index (χ4v) is 2.81. The molecule has 1 aliphatic rings. The first-order valence-corrected chi connectivity index (χ1v) is 8.68. The summed E-state index contributed by atoms with van der Waals surface area (Å²) in [7, 11) is 0. The van der Waals surface area contributed by atoms with E-state index in [1.807, 2.05) is 60.1 Å². The molecule has 1 saturated carbocycles. The number of rotatable bonds is 5. The Morgan fingerprint density at radius 3 is 2.65 bits per heavy atom. The second-order valence-electron chi connectivity index (χ2n) is 6.49. The minimum Gasteiger partial charge on any atom is -0.334 e. The number of tetrazole rings is 1. The normalized spacial score (nSPS) is 13.4. The van der Waals surface area contributed by atoms with Crippen LogP contribution in [0.5, 0.6) is 0 Å². The van der Waals surface area contributed by atoms with Gasteiger partial charge in [-0.3, -0.25) is 0 Å². The van der Waals surface area contributed by atoms with Crippen molar-refractivity contribution >= 4 is 11.7 Å². The third-order valence-corrected chi connectivity index (χ3v) is 4.49. The predicted octanol–water partition coefficient (Wildman–Crippen LogP) is 3.31. The predicted molar refractivity (Wildman–Crippen MR) is 98.6 cm³/mol. The monoisotopic (exact) mass is 348 g/mol. The third-order valence-electron chi connectivity index (χ3n) is 4.49. The molecule has 3 aromatic rings. The highest BCUT2D eigenvalue weighted by Gasteiger charge is 2.28. The van der Waals surface area contributed by atoms with E-state index in [0.29, 0.717) is 12.6 Å². The van der Waals surface area contributed by atoms with Gasteiger partial charge in [-0.2, -0.15) is 0 Å². The first kappa shape index (κ1) is 16.3. The van der Waals surface area contributed by atoms with Crippen LogP contribution in [0, 0.1) is 6.92 Å². The van der Waals surface area contributed by atoms with E-state index in [4.69, 9.17) is 0 Å². The van der Waals surface area contributed by atoms with Crippen LogP contribution < -0.4 is 10.6 Å². The lowest BCUT2D eigenvalue weighted by Crippen LogP contribution is -2.28. The van der Waals surface area contributed by atoms with Crippen LogP contribution in [-0.2, 0) is 6.54 Å². The van der Waals surface area contributed by atoms with Crippen LogP contribution in [0.25, 0.3) is 11.4 Å². The lowest BCUT2D eigenvalue weighted by atomic mass is 10.1. The molecule has 0 radical (unpaired) electrons. The van der Waals surface area contributed by atoms with E-state index in [2.05, 4.69) is 26.2 Å². The number of carbonyl (C=O) groups is 1. The highest BCUT2D eigenvalue weighted by molar-refractivity contribution is 5.89. The first-order valence-electron chi connectivity index (χ1n) is 8.68. The Hall–Kier alpha value is -3.22. The van der Waals surface area contributed by atoms with Crippen LogP contribution in [0.1, 0.15) is 30.0 Å². The van der Waals surface area contributed by atoms with Crippen LogP contribution in [-0.4, -0.2) is 26.2 Å². The van der Waals surface area contributed by atoms with Crippen molar-refractivity contribution in [1.82, 2.24) is 25.5 Å². The number of hydrogen-bond acceptors (Lipinski definition) is 4. The van der Waals surface area contributed by atoms with Crippen LogP contribution in [0.3, 0.4) is 0 Å². The van der Waals surface area contributed by atoms with Crippen molar-refractivity contribution < 1.29 is 4.79 Å². The number of carbonyl (C=O) groups excluding carboxylic acids is 1. The fraction of sp³-hybridized carbons (Fsp3) is 0.263. The molecule has 1 aliphatic carbocycles. The molecular formula is C19H20N6O. The number of benzene rings is 2. The zero-order valence-electron chi connectivity index (χ0n) is 14.5. The third kappa shape index (κ3) is 3.56. The number of anilines is 1. The van der Waals surface area contributed by atoms with E-state index in [1.165, 1.54) is 0 Å². The van der Waals surface area contributed by atoms with Crippen LogP contribution in [0.2, 0.25) is 0 Å². The molecule has 0 spiro atoms.